The van der Waals surface area contributed by atoms with Gasteiger partial charge in [-0.2, -0.15) is 0 Å². The lowest BCUT2D eigenvalue weighted by atomic mass is 10.00. The van der Waals surface area contributed by atoms with Crippen molar-refractivity contribution in [3.8, 4) is 5.75 Å². The molecule has 0 fully saturated rings. The van der Waals surface area contributed by atoms with E-state index in [4.69, 9.17) is 4.74 Å². The third-order valence-electron chi connectivity index (χ3n) is 4.70. The molecule has 0 aliphatic rings. The zero-order valence-electron chi connectivity index (χ0n) is 16.4. The van der Waals surface area contributed by atoms with E-state index in [1.54, 1.807) is 6.92 Å². The van der Waals surface area contributed by atoms with Gasteiger partial charge in [-0.05, 0) is 82.3 Å². The van der Waals surface area contributed by atoms with E-state index in [0.29, 0.717) is 0 Å². The number of hydrogen-bond acceptors (Lipinski definition) is 2. The number of rotatable bonds is 5. The number of nitrogens with one attached hydrogen (secondary N) is 1. The molecular weight excluding hydrogens is 310 g/mol. The number of aryl methyl sites for hydroxylation is 4. The molecule has 0 heterocycles. The molecule has 2 aromatic carbocycles. The Morgan fingerprint density at radius 1 is 0.920 bits per heavy atom. The second kappa shape index (κ2) is 7.73. The second-order valence-electron chi connectivity index (χ2n) is 7.06. The van der Waals surface area contributed by atoms with Gasteiger partial charge >= 0.3 is 0 Å². The molecule has 3 heteroatoms. The highest BCUT2D eigenvalue weighted by molar-refractivity contribution is 5.81. The summed E-state index contributed by atoms with van der Waals surface area (Å²) in [6, 6.07) is 10.3. The first kappa shape index (κ1) is 19.0. The van der Waals surface area contributed by atoms with Gasteiger partial charge in [-0.3, -0.25) is 4.79 Å². The molecule has 134 valence electrons. The fourth-order valence-corrected chi connectivity index (χ4v) is 3.00. The molecule has 0 unspecified atom stereocenters. The number of carbonyl (C=O) groups excluding carboxylic acids is 1. The van der Waals surface area contributed by atoms with E-state index in [1.165, 1.54) is 16.7 Å². The molecule has 1 N–H and O–H groups in total. The van der Waals surface area contributed by atoms with Crippen LogP contribution >= 0.6 is 0 Å². The van der Waals surface area contributed by atoms with Crippen LogP contribution in [-0.4, -0.2) is 12.0 Å². The number of amides is 1. The lowest BCUT2D eigenvalue weighted by molar-refractivity contribution is -0.127. The lowest BCUT2D eigenvalue weighted by Crippen LogP contribution is -2.38. The third kappa shape index (κ3) is 4.62. The van der Waals surface area contributed by atoms with Crippen molar-refractivity contribution in [2.75, 3.05) is 0 Å². The van der Waals surface area contributed by atoms with Gasteiger partial charge in [0, 0.05) is 0 Å². The molecule has 0 radical (unpaired) electrons. The number of benzene rings is 2. The third-order valence-corrected chi connectivity index (χ3v) is 4.70. The Kier molecular flexibility index (Phi) is 5.89. The van der Waals surface area contributed by atoms with Gasteiger partial charge in [0.05, 0.1) is 6.04 Å². The predicted octanol–water partition coefficient (Wildman–Crippen LogP) is 4.87. The minimum Gasteiger partial charge on any atom is -0.481 e. The molecule has 0 aliphatic heterocycles. The van der Waals surface area contributed by atoms with Crippen LogP contribution < -0.4 is 10.1 Å². The van der Waals surface area contributed by atoms with Gasteiger partial charge in [0.1, 0.15) is 5.75 Å². The van der Waals surface area contributed by atoms with Crippen molar-refractivity contribution in [2.24, 2.45) is 0 Å². The number of hydrogen-bond donors (Lipinski definition) is 1. The van der Waals surface area contributed by atoms with Crippen LogP contribution in [0.4, 0.5) is 0 Å². The number of ether oxygens (including phenoxy) is 1. The van der Waals surface area contributed by atoms with Crippen LogP contribution in [-0.2, 0) is 4.79 Å². The van der Waals surface area contributed by atoms with Crippen LogP contribution in [0, 0.1) is 34.6 Å². The summed E-state index contributed by atoms with van der Waals surface area (Å²) in [7, 11) is 0. The van der Waals surface area contributed by atoms with Gasteiger partial charge in [-0.15, -0.1) is 0 Å². The zero-order chi connectivity index (χ0) is 18.7. The average Bonchev–Trinajstić information content (AvgIpc) is 2.54. The lowest BCUT2D eigenvalue weighted by Gasteiger charge is -2.22. The smallest absolute Gasteiger partial charge is 0.261 e. The highest BCUT2D eigenvalue weighted by Crippen LogP contribution is 2.25. The van der Waals surface area contributed by atoms with Crippen LogP contribution in [0.3, 0.4) is 0 Å². The average molecular weight is 339 g/mol. The summed E-state index contributed by atoms with van der Waals surface area (Å²) >= 11 is 0. The molecule has 2 rings (SSSR count). The first-order chi connectivity index (χ1) is 11.7. The Morgan fingerprint density at radius 3 is 2.28 bits per heavy atom. The Hall–Kier alpha value is -2.29. The molecule has 0 aliphatic carbocycles. The maximum absolute atomic E-state index is 12.6. The van der Waals surface area contributed by atoms with Crippen LogP contribution in [0.5, 0.6) is 5.75 Å². The van der Waals surface area contributed by atoms with Crippen molar-refractivity contribution in [1.29, 1.82) is 0 Å². The van der Waals surface area contributed by atoms with Crippen molar-refractivity contribution < 1.29 is 9.53 Å². The Morgan fingerprint density at radius 2 is 1.60 bits per heavy atom. The molecule has 0 saturated carbocycles. The largest absolute Gasteiger partial charge is 0.481 e. The topological polar surface area (TPSA) is 38.3 Å². The summed E-state index contributed by atoms with van der Waals surface area (Å²) in [4.78, 5) is 12.6. The molecule has 3 nitrogen and oxygen atoms in total. The molecule has 2 atom stereocenters. The minimum atomic E-state index is -0.549. The van der Waals surface area contributed by atoms with Crippen LogP contribution in [0.15, 0.2) is 30.3 Å². The van der Waals surface area contributed by atoms with Gasteiger partial charge in [0.15, 0.2) is 6.10 Å². The van der Waals surface area contributed by atoms with Crippen molar-refractivity contribution in [1.82, 2.24) is 5.32 Å². The monoisotopic (exact) mass is 339 g/mol. The van der Waals surface area contributed by atoms with Crippen molar-refractivity contribution in [2.45, 2.75) is 60.6 Å². The van der Waals surface area contributed by atoms with E-state index in [2.05, 4.69) is 50.4 Å². The number of carbonyl (C=O) groups is 1. The van der Waals surface area contributed by atoms with Crippen molar-refractivity contribution in [3.05, 3.63) is 63.7 Å². The van der Waals surface area contributed by atoms with Gasteiger partial charge < -0.3 is 10.1 Å². The second-order valence-corrected chi connectivity index (χ2v) is 7.06. The molecule has 2 aromatic rings. The summed E-state index contributed by atoms with van der Waals surface area (Å²) in [5, 5.41) is 3.07. The van der Waals surface area contributed by atoms with Gasteiger partial charge in [0.25, 0.3) is 5.91 Å². The maximum atomic E-state index is 12.6. The summed E-state index contributed by atoms with van der Waals surface area (Å²) in [5.41, 5.74) is 6.89. The fourth-order valence-electron chi connectivity index (χ4n) is 3.00. The van der Waals surface area contributed by atoms with Gasteiger partial charge in [0.2, 0.25) is 0 Å². The molecular formula is C22H29NO2. The van der Waals surface area contributed by atoms with Gasteiger partial charge in [-0.1, -0.05) is 29.8 Å². The van der Waals surface area contributed by atoms with Gasteiger partial charge in [-0.25, -0.2) is 0 Å². The summed E-state index contributed by atoms with van der Waals surface area (Å²) < 4.78 is 5.95. The van der Waals surface area contributed by atoms with E-state index in [1.807, 2.05) is 26.8 Å². The molecule has 0 bridgehead atoms. The van der Waals surface area contributed by atoms with Crippen molar-refractivity contribution in [3.63, 3.8) is 0 Å². The first-order valence-electron chi connectivity index (χ1n) is 8.81. The fraction of sp³-hybridized carbons (Fsp3) is 0.409. The summed E-state index contributed by atoms with van der Waals surface area (Å²) in [6.45, 7) is 14.0. The quantitative estimate of drug-likeness (QED) is 0.843. The molecule has 0 spiro atoms. The van der Waals surface area contributed by atoms with E-state index in [0.717, 1.165) is 22.4 Å². The molecule has 1 amide bonds. The summed E-state index contributed by atoms with van der Waals surface area (Å²) in [5.74, 6) is 0.673. The Balaban J connectivity index is 2.09. The highest BCUT2D eigenvalue weighted by atomic mass is 16.5. The predicted molar refractivity (Wildman–Crippen MR) is 103 cm³/mol. The Labute approximate surface area is 151 Å². The van der Waals surface area contributed by atoms with E-state index >= 15 is 0 Å². The molecule has 0 saturated heterocycles. The van der Waals surface area contributed by atoms with Crippen LogP contribution in [0.1, 0.15) is 53.3 Å². The molecule has 25 heavy (non-hydrogen) atoms. The summed E-state index contributed by atoms with van der Waals surface area (Å²) in [6.07, 6.45) is -0.549. The molecule has 0 aromatic heterocycles. The van der Waals surface area contributed by atoms with Crippen molar-refractivity contribution >= 4 is 5.91 Å². The standard InChI is InChI=1S/C22H29NO2/c1-13-8-9-15(3)20(11-13)18(6)23-22(24)19(7)25-21-12-14(2)10-16(4)17(21)5/h8-12,18-19H,1-7H3,(H,23,24)/t18-,19+/m1/s1. The van der Waals surface area contributed by atoms with E-state index in [-0.39, 0.29) is 11.9 Å². The van der Waals surface area contributed by atoms with Crippen LogP contribution in [0.25, 0.3) is 0 Å². The first-order valence-corrected chi connectivity index (χ1v) is 8.81. The Bertz CT molecular complexity index is 780. The SMILES string of the molecule is Cc1cc(C)c(C)c(O[C@@H](C)C(=O)N[C@H](C)c2cc(C)ccc2C)c1. The highest BCUT2D eigenvalue weighted by Gasteiger charge is 2.19. The minimum absolute atomic E-state index is 0.0567. The van der Waals surface area contributed by atoms with E-state index < -0.39 is 6.10 Å². The van der Waals surface area contributed by atoms with Crippen LogP contribution in [0.2, 0.25) is 0 Å². The maximum Gasteiger partial charge on any atom is 0.261 e. The normalized spacial score (nSPS) is 13.2. The zero-order valence-corrected chi connectivity index (χ0v) is 16.4. The van der Waals surface area contributed by atoms with E-state index in [9.17, 15) is 4.79 Å².